The van der Waals surface area contributed by atoms with Gasteiger partial charge in [0.15, 0.2) is 0 Å². The fourth-order valence-electron chi connectivity index (χ4n) is 2.25. The lowest BCUT2D eigenvalue weighted by atomic mass is 9.91. The molecular weight excluding hydrogens is 244 g/mol. The van der Waals surface area contributed by atoms with Gasteiger partial charge in [-0.25, -0.2) is 4.79 Å². The molecule has 1 N–H and O–H groups in total. The lowest BCUT2D eigenvalue weighted by molar-refractivity contribution is -0.123. The van der Waals surface area contributed by atoms with Crippen LogP contribution in [0.1, 0.15) is 40.0 Å². The van der Waals surface area contributed by atoms with E-state index in [2.05, 4.69) is 26.1 Å². The fourth-order valence-corrected chi connectivity index (χ4v) is 2.25. The summed E-state index contributed by atoms with van der Waals surface area (Å²) in [4.78, 5) is 24.8. The van der Waals surface area contributed by atoms with E-state index in [1.807, 2.05) is 0 Å². The Kier molecular flexibility index (Phi) is 5.63. The van der Waals surface area contributed by atoms with E-state index in [1.165, 1.54) is 7.11 Å². The van der Waals surface area contributed by atoms with E-state index in [4.69, 9.17) is 4.74 Å². The van der Waals surface area contributed by atoms with E-state index in [9.17, 15) is 9.59 Å². The van der Waals surface area contributed by atoms with E-state index in [0.717, 1.165) is 12.8 Å². The zero-order chi connectivity index (χ0) is 14.5. The number of hydrogen-bond donors (Lipinski definition) is 1. The van der Waals surface area contributed by atoms with E-state index in [-0.39, 0.29) is 17.4 Å². The molecule has 0 bridgehead atoms. The monoisotopic (exact) mass is 270 g/mol. The van der Waals surface area contributed by atoms with Gasteiger partial charge in [0, 0.05) is 26.1 Å². The minimum absolute atomic E-state index is 0.0261. The van der Waals surface area contributed by atoms with Crippen molar-refractivity contribution in [1.82, 2.24) is 10.2 Å². The molecule has 1 rings (SSSR count). The number of piperidine rings is 1. The van der Waals surface area contributed by atoms with Crippen molar-refractivity contribution in [3.8, 4) is 0 Å². The number of nitrogens with zero attached hydrogens (tertiary/aromatic N) is 1. The van der Waals surface area contributed by atoms with Gasteiger partial charge in [0.05, 0.1) is 7.11 Å². The number of hydrogen-bond acceptors (Lipinski definition) is 3. The second-order valence-corrected chi connectivity index (χ2v) is 6.44. The van der Waals surface area contributed by atoms with E-state index < -0.39 is 0 Å². The van der Waals surface area contributed by atoms with Crippen LogP contribution < -0.4 is 5.32 Å². The molecule has 1 heterocycles. The van der Waals surface area contributed by atoms with Crippen molar-refractivity contribution in [2.75, 3.05) is 26.7 Å². The maximum absolute atomic E-state index is 11.7. The zero-order valence-electron chi connectivity index (χ0n) is 12.5. The van der Waals surface area contributed by atoms with Crippen LogP contribution in [-0.4, -0.2) is 43.6 Å². The molecule has 1 aliphatic rings. The standard InChI is InChI=1S/C14H26N2O3/c1-14(2,3)9-12(17)15-10-11-5-7-16(8-6-11)13(18)19-4/h11H,5-10H2,1-4H3,(H,15,17). The third-order valence-electron chi connectivity index (χ3n) is 3.33. The first kappa shape index (κ1) is 15.8. The van der Waals surface area contributed by atoms with Crippen LogP contribution in [0.4, 0.5) is 4.79 Å². The predicted molar refractivity (Wildman–Crippen MR) is 73.8 cm³/mol. The van der Waals surface area contributed by atoms with Crippen LogP contribution in [0.15, 0.2) is 0 Å². The Balaban J connectivity index is 2.23. The van der Waals surface area contributed by atoms with Crippen LogP contribution in [0.2, 0.25) is 0 Å². The summed E-state index contributed by atoms with van der Waals surface area (Å²) in [5.41, 5.74) is 0.0261. The summed E-state index contributed by atoms with van der Waals surface area (Å²) in [6.07, 6.45) is 2.14. The third kappa shape index (κ3) is 5.94. The number of nitrogens with one attached hydrogen (secondary N) is 1. The Hall–Kier alpha value is -1.26. The smallest absolute Gasteiger partial charge is 0.409 e. The minimum Gasteiger partial charge on any atom is -0.453 e. The molecule has 0 aromatic carbocycles. The average Bonchev–Trinajstić information content (AvgIpc) is 2.34. The van der Waals surface area contributed by atoms with Gasteiger partial charge in [-0.15, -0.1) is 0 Å². The van der Waals surface area contributed by atoms with Gasteiger partial charge in [0.25, 0.3) is 0 Å². The zero-order valence-corrected chi connectivity index (χ0v) is 12.5. The fraction of sp³-hybridized carbons (Fsp3) is 0.857. The first-order valence-corrected chi connectivity index (χ1v) is 6.91. The van der Waals surface area contributed by atoms with Crippen LogP contribution in [0.3, 0.4) is 0 Å². The van der Waals surface area contributed by atoms with Crippen molar-refractivity contribution in [3.63, 3.8) is 0 Å². The Morgan fingerprint density at radius 3 is 2.32 bits per heavy atom. The Morgan fingerprint density at radius 2 is 1.84 bits per heavy atom. The highest BCUT2D eigenvalue weighted by atomic mass is 16.5. The number of methoxy groups -OCH3 is 1. The van der Waals surface area contributed by atoms with Crippen LogP contribution in [0, 0.1) is 11.3 Å². The Labute approximate surface area is 115 Å². The number of carbonyl (C=O) groups excluding carboxylic acids is 2. The molecule has 1 fully saturated rings. The topological polar surface area (TPSA) is 58.6 Å². The number of rotatable bonds is 3. The molecule has 1 saturated heterocycles. The molecule has 0 aromatic heterocycles. The molecule has 110 valence electrons. The van der Waals surface area contributed by atoms with Gasteiger partial charge >= 0.3 is 6.09 Å². The first-order chi connectivity index (χ1) is 8.81. The molecule has 19 heavy (non-hydrogen) atoms. The maximum Gasteiger partial charge on any atom is 0.409 e. The summed E-state index contributed by atoms with van der Waals surface area (Å²) in [5, 5.41) is 2.99. The molecule has 1 aliphatic heterocycles. The molecule has 0 aliphatic carbocycles. The molecular formula is C14H26N2O3. The molecule has 0 atom stereocenters. The molecule has 5 heteroatoms. The number of amides is 2. The van der Waals surface area contributed by atoms with Crippen molar-refractivity contribution in [3.05, 3.63) is 0 Å². The van der Waals surface area contributed by atoms with E-state index in [1.54, 1.807) is 4.90 Å². The maximum atomic E-state index is 11.7. The summed E-state index contributed by atoms with van der Waals surface area (Å²) in [6, 6.07) is 0. The van der Waals surface area contributed by atoms with Crippen LogP contribution >= 0.6 is 0 Å². The third-order valence-corrected chi connectivity index (χ3v) is 3.33. The summed E-state index contributed by atoms with van der Waals surface area (Å²) < 4.78 is 4.70. The van der Waals surface area contributed by atoms with Crippen molar-refractivity contribution >= 4 is 12.0 Å². The molecule has 0 spiro atoms. The first-order valence-electron chi connectivity index (χ1n) is 6.91. The largest absolute Gasteiger partial charge is 0.453 e. The van der Waals surface area contributed by atoms with Crippen LogP contribution in [-0.2, 0) is 9.53 Å². The highest BCUT2D eigenvalue weighted by molar-refractivity contribution is 5.76. The molecule has 0 aromatic rings. The second-order valence-electron chi connectivity index (χ2n) is 6.44. The van der Waals surface area contributed by atoms with Crippen molar-refractivity contribution in [2.45, 2.75) is 40.0 Å². The minimum atomic E-state index is -0.254. The van der Waals surface area contributed by atoms with Gasteiger partial charge in [-0.3, -0.25) is 4.79 Å². The second kappa shape index (κ2) is 6.78. The molecule has 0 radical (unpaired) electrons. The number of likely N-dealkylation sites (tertiary alicyclic amines) is 1. The lowest BCUT2D eigenvalue weighted by Crippen LogP contribution is -2.41. The molecule has 0 unspecified atom stereocenters. The predicted octanol–water partition coefficient (Wildman–Crippen LogP) is 2.02. The van der Waals surface area contributed by atoms with E-state index in [0.29, 0.717) is 32.0 Å². The quantitative estimate of drug-likeness (QED) is 0.853. The highest BCUT2D eigenvalue weighted by Gasteiger charge is 2.24. The summed E-state index contributed by atoms with van der Waals surface area (Å²) in [6.45, 7) is 8.31. The SMILES string of the molecule is COC(=O)N1CCC(CNC(=O)CC(C)(C)C)CC1. The number of ether oxygens (including phenoxy) is 1. The van der Waals surface area contributed by atoms with Gasteiger partial charge in [-0.2, -0.15) is 0 Å². The normalized spacial score (nSPS) is 17.2. The van der Waals surface area contributed by atoms with E-state index >= 15 is 0 Å². The van der Waals surface area contributed by atoms with Gasteiger partial charge < -0.3 is 15.0 Å². The molecule has 2 amide bonds. The molecule has 5 nitrogen and oxygen atoms in total. The van der Waals surface area contributed by atoms with Gasteiger partial charge in [0.2, 0.25) is 5.91 Å². The average molecular weight is 270 g/mol. The Morgan fingerprint density at radius 1 is 1.26 bits per heavy atom. The van der Waals surface area contributed by atoms with Gasteiger partial charge in [0.1, 0.15) is 0 Å². The van der Waals surface area contributed by atoms with Crippen molar-refractivity contribution < 1.29 is 14.3 Å². The van der Waals surface area contributed by atoms with Gasteiger partial charge in [-0.1, -0.05) is 20.8 Å². The highest BCUT2D eigenvalue weighted by Crippen LogP contribution is 2.19. The lowest BCUT2D eigenvalue weighted by Gasteiger charge is -2.31. The van der Waals surface area contributed by atoms with Gasteiger partial charge in [-0.05, 0) is 24.2 Å². The summed E-state index contributed by atoms with van der Waals surface area (Å²) in [5.74, 6) is 0.577. The van der Waals surface area contributed by atoms with Crippen LogP contribution in [0.5, 0.6) is 0 Å². The Bertz CT molecular complexity index is 315. The van der Waals surface area contributed by atoms with Crippen molar-refractivity contribution in [1.29, 1.82) is 0 Å². The van der Waals surface area contributed by atoms with Crippen molar-refractivity contribution in [2.24, 2.45) is 11.3 Å². The van der Waals surface area contributed by atoms with Crippen LogP contribution in [0.25, 0.3) is 0 Å². The summed E-state index contributed by atoms with van der Waals surface area (Å²) in [7, 11) is 1.40. The summed E-state index contributed by atoms with van der Waals surface area (Å²) >= 11 is 0. The number of carbonyl (C=O) groups is 2. The molecule has 0 saturated carbocycles.